The van der Waals surface area contributed by atoms with Crippen LogP contribution in [0.2, 0.25) is 0 Å². The highest BCUT2D eigenvalue weighted by Gasteiger charge is 2.18. The summed E-state index contributed by atoms with van der Waals surface area (Å²) in [7, 11) is -2.40. The molecular formula is C11H15BrN2O4S. The van der Waals surface area contributed by atoms with Crippen LogP contribution >= 0.6 is 15.9 Å². The van der Waals surface area contributed by atoms with Gasteiger partial charge in [0, 0.05) is 18.1 Å². The number of nitrogens with zero attached hydrogens (tertiary/aromatic N) is 1. The zero-order chi connectivity index (χ0) is 14.6. The number of hydrogen-bond donors (Lipinski definition) is 2. The highest BCUT2D eigenvalue weighted by molar-refractivity contribution is 9.10. The maximum Gasteiger partial charge on any atom is 0.304 e. The Labute approximate surface area is 120 Å². The van der Waals surface area contributed by atoms with E-state index in [0.29, 0.717) is 5.69 Å². The van der Waals surface area contributed by atoms with Gasteiger partial charge in [0.15, 0.2) is 0 Å². The third-order valence-electron chi connectivity index (χ3n) is 2.46. The number of nitrogens with one attached hydrogen (secondary N) is 1. The highest BCUT2D eigenvalue weighted by Crippen LogP contribution is 2.21. The van der Waals surface area contributed by atoms with Crippen LogP contribution in [-0.2, 0) is 15.0 Å². The Balaban J connectivity index is 2.78. The summed E-state index contributed by atoms with van der Waals surface area (Å²) in [5.74, 6) is -1.04. The second-order valence-electron chi connectivity index (χ2n) is 4.04. The summed E-state index contributed by atoms with van der Waals surface area (Å²) in [6, 6.07) is 5.05. The number of aryl methyl sites for hydroxylation is 1. The predicted octanol–water partition coefficient (Wildman–Crippen LogP) is 1.82. The molecule has 0 fully saturated rings. The van der Waals surface area contributed by atoms with Crippen LogP contribution in [0.5, 0.6) is 0 Å². The van der Waals surface area contributed by atoms with Crippen LogP contribution in [0.25, 0.3) is 0 Å². The normalized spacial score (nSPS) is 11.6. The third kappa shape index (κ3) is 4.81. The van der Waals surface area contributed by atoms with Gasteiger partial charge in [-0.25, -0.2) is 0 Å². The molecule has 2 N–H and O–H groups in total. The largest absolute Gasteiger partial charge is 0.481 e. The first kappa shape index (κ1) is 15.9. The summed E-state index contributed by atoms with van der Waals surface area (Å²) in [5.41, 5.74) is 1.33. The lowest BCUT2D eigenvalue weighted by molar-refractivity contribution is -0.137. The number of carboxylic acid groups (broad SMARTS) is 1. The van der Waals surface area contributed by atoms with Crippen LogP contribution in [0, 0.1) is 6.92 Å². The van der Waals surface area contributed by atoms with Crippen molar-refractivity contribution in [3.05, 3.63) is 28.2 Å². The van der Waals surface area contributed by atoms with E-state index in [2.05, 4.69) is 20.7 Å². The molecule has 0 spiro atoms. The molecule has 0 saturated heterocycles. The molecule has 0 atom stereocenters. The van der Waals surface area contributed by atoms with Gasteiger partial charge in [-0.05, 0) is 30.7 Å². The Kier molecular flexibility index (Phi) is 5.33. The minimum atomic E-state index is -3.73. The van der Waals surface area contributed by atoms with Crippen molar-refractivity contribution < 1.29 is 18.3 Å². The monoisotopic (exact) mass is 350 g/mol. The van der Waals surface area contributed by atoms with Gasteiger partial charge in [0.25, 0.3) is 0 Å². The van der Waals surface area contributed by atoms with Crippen molar-refractivity contribution >= 4 is 37.8 Å². The van der Waals surface area contributed by atoms with Gasteiger partial charge in [-0.2, -0.15) is 12.7 Å². The topological polar surface area (TPSA) is 86.7 Å². The van der Waals surface area contributed by atoms with Crippen molar-refractivity contribution in [1.82, 2.24) is 4.31 Å². The molecule has 1 aromatic carbocycles. The van der Waals surface area contributed by atoms with E-state index in [1.165, 1.54) is 7.05 Å². The van der Waals surface area contributed by atoms with E-state index in [1.807, 2.05) is 6.92 Å². The van der Waals surface area contributed by atoms with Gasteiger partial charge in [0.1, 0.15) is 0 Å². The molecule has 8 heteroatoms. The Morgan fingerprint density at radius 3 is 2.63 bits per heavy atom. The molecule has 0 aliphatic rings. The van der Waals surface area contributed by atoms with E-state index >= 15 is 0 Å². The summed E-state index contributed by atoms with van der Waals surface area (Å²) in [6.45, 7) is 1.76. The van der Waals surface area contributed by atoms with Crippen LogP contribution in [-0.4, -0.2) is 37.4 Å². The van der Waals surface area contributed by atoms with Crippen molar-refractivity contribution in [3.63, 3.8) is 0 Å². The number of hydrogen-bond acceptors (Lipinski definition) is 3. The van der Waals surface area contributed by atoms with Crippen LogP contribution in [0.1, 0.15) is 12.0 Å². The lowest BCUT2D eigenvalue weighted by Crippen LogP contribution is -2.34. The van der Waals surface area contributed by atoms with E-state index in [4.69, 9.17) is 5.11 Å². The number of anilines is 1. The van der Waals surface area contributed by atoms with Crippen molar-refractivity contribution in [2.75, 3.05) is 18.3 Å². The molecule has 106 valence electrons. The minimum Gasteiger partial charge on any atom is -0.481 e. The lowest BCUT2D eigenvalue weighted by atomic mass is 10.2. The summed E-state index contributed by atoms with van der Waals surface area (Å²) in [5, 5.41) is 8.54. The molecule has 1 rings (SSSR count). The first-order valence-corrected chi connectivity index (χ1v) is 7.67. The molecule has 0 radical (unpaired) electrons. The van der Waals surface area contributed by atoms with Crippen molar-refractivity contribution in [1.29, 1.82) is 0 Å². The molecule has 0 amide bonds. The first-order chi connectivity index (χ1) is 8.72. The fraction of sp³-hybridized carbons (Fsp3) is 0.364. The molecule has 0 saturated carbocycles. The quantitative estimate of drug-likeness (QED) is 0.819. The van der Waals surface area contributed by atoms with Crippen LogP contribution in [0.4, 0.5) is 5.69 Å². The van der Waals surface area contributed by atoms with E-state index in [9.17, 15) is 13.2 Å². The molecule has 1 aromatic rings. The Morgan fingerprint density at radius 2 is 2.11 bits per heavy atom. The number of aliphatic carboxylic acids is 1. The second kappa shape index (κ2) is 6.36. The molecule has 6 nitrogen and oxygen atoms in total. The van der Waals surface area contributed by atoms with Gasteiger partial charge >= 0.3 is 16.2 Å². The van der Waals surface area contributed by atoms with E-state index in [-0.39, 0.29) is 13.0 Å². The van der Waals surface area contributed by atoms with Crippen LogP contribution < -0.4 is 4.72 Å². The van der Waals surface area contributed by atoms with Gasteiger partial charge < -0.3 is 5.11 Å². The highest BCUT2D eigenvalue weighted by atomic mass is 79.9. The van der Waals surface area contributed by atoms with E-state index < -0.39 is 16.2 Å². The van der Waals surface area contributed by atoms with Gasteiger partial charge in [0.05, 0.1) is 12.1 Å². The summed E-state index contributed by atoms with van der Waals surface area (Å²) >= 11 is 3.33. The fourth-order valence-electron chi connectivity index (χ4n) is 1.31. The lowest BCUT2D eigenvalue weighted by Gasteiger charge is -2.17. The van der Waals surface area contributed by atoms with E-state index in [0.717, 1.165) is 14.3 Å². The molecule has 0 heterocycles. The van der Waals surface area contributed by atoms with Crippen molar-refractivity contribution in [2.45, 2.75) is 13.3 Å². The molecular weight excluding hydrogens is 336 g/mol. The number of benzene rings is 1. The van der Waals surface area contributed by atoms with Gasteiger partial charge in [-0.3, -0.25) is 9.52 Å². The third-order valence-corrected chi connectivity index (χ3v) is 4.84. The summed E-state index contributed by atoms with van der Waals surface area (Å²) < 4.78 is 28.1. The molecule has 0 bridgehead atoms. The molecule has 19 heavy (non-hydrogen) atoms. The molecule has 0 aromatic heterocycles. The number of rotatable bonds is 6. The average molecular weight is 351 g/mol. The Morgan fingerprint density at radius 1 is 1.47 bits per heavy atom. The molecule has 0 aliphatic heterocycles. The summed E-state index contributed by atoms with van der Waals surface area (Å²) in [6.07, 6.45) is -0.239. The van der Waals surface area contributed by atoms with Crippen LogP contribution in [0.3, 0.4) is 0 Å². The zero-order valence-corrected chi connectivity index (χ0v) is 13.0. The Hall–Kier alpha value is -1.12. The maximum absolute atomic E-state index is 11.9. The van der Waals surface area contributed by atoms with Crippen LogP contribution in [0.15, 0.2) is 22.7 Å². The molecule has 0 aliphatic carbocycles. The van der Waals surface area contributed by atoms with Crippen molar-refractivity contribution in [2.24, 2.45) is 0 Å². The van der Waals surface area contributed by atoms with Gasteiger partial charge in [0.2, 0.25) is 0 Å². The SMILES string of the molecule is Cc1cc(NS(=O)(=O)N(C)CCC(=O)O)ccc1Br. The fourth-order valence-corrected chi connectivity index (χ4v) is 2.47. The Bertz CT molecular complexity index is 574. The average Bonchev–Trinajstić information content (AvgIpc) is 2.30. The smallest absolute Gasteiger partial charge is 0.304 e. The van der Waals surface area contributed by atoms with Crippen molar-refractivity contribution in [3.8, 4) is 0 Å². The molecule has 0 unspecified atom stereocenters. The zero-order valence-electron chi connectivity index (χ0n) is 10.6. The van der Waals surface area contributed by atoms with Gasteiger partial charge in [-0.1, -0.05) is 15.9 Å². The first-order valence-electron chi connectivity index (χ1n) is 5.44. The number of carbonyl (C=O) groups is 1. The van der Waals surface area contributed by atoms with Gasteiger partial charge in [-0.15, -0.1) is 0 Å². The number of halogens is 1. The minimum absolute atomic E-state index is 0.0832. The predicted molar refractivity (Wildman–Crippen MR) is 76.3 cm³/mol. The summed E-state index contributed by atoms with van der Waals surface area (Å²) in [4.78, 5) is 10.4. The standard InChI is InChI=1S/C11H15BrN2O4S/c1-8-7-9(3-4-10(8)12)13-19(17,18)14(2)6-5-11(15)16/h3-4,7,13H,5-6H2,1-2H3,(H,15,16). The second-order valence-corrected chi connectivity index (χ2v) is 6.67. The number of carboxylic acids is 1. The maximum atomic E-state index is 11.9. The van der Waals surface area contributed by atoms with E-state index in [1.54, 1.807) is 18.2 Å².